The number of rotatable bonds is 9. The van der Waals surface area contributed by atoms with Gasteiger partial charge in [0.15, 0.2) is 11.9 Å². The average molecular weight is 569 g/mol. The van der Waals surface area contributed by atoms with Crippen LogP contribution in [0.2, 0.25) is 0 Å². The van der Waals surface area contributed by atoms with Gasteiger partial charge in [-0.05, 0) is 47.5 Å². The third kappa shape index (κ3) is 6.30. The van der Waals surface area contributed by atoms with E-state index in [1.54, 1.807) is 18.2 Å². The Bertz CT molecular complexity index is 1570. The quantitative estimate of drug-likeness (QED) is 0.274. The second-order valence-electron chi connectivity index (χ2n) is 9.69. The van der Waals surface area contributed by atoms with Crippen LogP contribution in [0.25, 0.3) is 22.6 Å². The zero-order chi connectivity index (χ0) is 28.3. The van der Waals surface area contributed by atoms with E-state index in [4.69, 9.17) is 19.0 Å². The van der Waals surface area contributed by atoms with Gasteiger partial charge in [0.25, 0.3) is 0 Å². The SMILES string of the molecule is NS(=O)(=O)c1ccc(-c2oc(C(O)COCc3cc(F)cc(C4(O)CCOCC4)c3)nc2-c2ccccc2)cc1. The first kappa shape index (κ1) is 28.1. The molecule has 2 heterocycles. The first-order valence-electron chi connectivity index (χ1n) is 12.7. The number of hydrogen-bond donors (Lipinski definition) is 3. The molecule has 1 aromatic heterocycles. The zero-order valence-electron chi connectivity index (χ0n) is 21.5. The molecule has 210 valence electrons. The topological polar surface area (TPSA) is 145 Å². The zero-order valence-corrected chi connectivity index (χ0v) is 22.3. The van der Waals surface area contributed by atoms with Crippen molar-refractivity contribution < 1.29 is 36.9 Å². The maximum absolute atomic E-state index is 14.4. The van der Waals surface area contributed by atoms with Gasteiger partial charge in [-0.1, -0.05) is 36.4 Å². The maximum atomic E-state index is 14.4. The van der Waals surface area contributed by atoms with Gasteiger partial charge in [-0.3, -0.25) is 0 Å². The normalized spacial score (nSPS) is 16.1. The van der Waals surface area contributed by atoms with Crippen LogP contribution in [0.15, 0.2) is 82.1 Å². The predicted octanol–water partition coefficient (Wildman–Crippen LogP) is 4.04. The van der Waals surface area contributed by atoms with E-state index in [1.165, 1.54) is 24.3 Å². The number of halogens is 1. The molecule has 3 aromatic carbocycles. The molecule has 0 saturated carbocycles. The molecular weight excluding hydrogens is 539 g/mol. The Labute approximate surface area is 231 Å². The van der Waals surface area contributed by atoms with Crippen LogP contribution in [0, 0.1) is 5.82 Å². The minimum absolute atomic E-state index is 0.000763. The fourth-order valence-electron chi connectivity index (χ4n) is 4.62. The number of nitrogens with two attached hydrogens (primary N) is 1. The van der Waals surface area contributed by atoms with Crippen molar-refractivity contribution in [3.8, 4) is 22.6 Å². The van der Waals surface area contributed by atoms with Crippen molar-refractivity contribution in [2.24, 2.45) is 5.14 Å². The minimum Gasteiger partial charge on any atom is -0.437 e. The molecule has 0 bridgehead atoms. The summed E-state index contributed by atoms with van der Waals surface area (Å²) in [6, 6.07) is 19.4. The van der Waals surface area contributed by atoms with E-state index in [9.17, 15) is 23.0 Å². The molecule has 0 aliphatic carbocycles. The molecule has 1 saturated heterocycles. The maximum Gasteiger partial charge on any atom is 0.238 e. The number of aliphatic hydroxyl groups is 2. The number of ether oxygens (including phenoxy) is 2. The second kappa shape index (κ2) is 11.6. The fraction of sp³-hybridized carbons (Fsp3) is 0.276. The standard InChI is InChI=1S/C29H29FN2O7S/c30-23-15-19(14-22(16-23)29(34)10-12-37-13-11-29)17-38-18-25(33)28-32-26(20-4-2-1-3-5-20)27(39-28)21-6-8-24(9-7-21)40(31,35)36/h1-9,14-16,25,33-34H,10-13,17-18H2,(H2,31,35,36). The number of aliphatic hydroxyl groups excluding tert-OH is 1. The Balaban J connectivity index is 1.34. The van der Waals surface area contributed by atoms with Gasteiger partial charge in [0.2, 0.25) is 15.9 Å². The van der Waals surface area contributed by atoms with Crippen LogP contribution in [0.5, 0.6) is 0 Å². The largest absolute Gasteiger partial charge is 0.437 e. The molecule has 0 radical (unpaired) electrons. The Kier molecular flexibility index (Phi) is 8.13. The van der Waals surface area contributed by atoms with Gasteiger partial charge < -0.3 is 24.1 Å². The van der Waals surface area contributed by atoms with Crippen molar-refractivity contribution in [1.29, 1.82) is 0 Å². The van der Waals surface area contributed by atoms with Crippen LogP contribution in [-0.2, 0) is 31.7 Å². The smallest absolute Gasteiger partial charge is 0.238 e. The third-order valence-electron chi connectivity index (χ3n) is 6.78. The molecule has 40 heavy (non-hydrogen) atoms. The Morgan fingerprint density at radius 2 is 1.73 bits per heavy atom. The van der Waals surface area contributed by atoms with Gasteiger partial charge in [0.05, 0.1) is 23.7 Å². The monoisotopic (exact) mass is 568 g/mol. The van der Waals surface area contributed by atoms with Gasteiger partial charge in [-0.15, -0.1) is 0 Å². The van der Waals surface area contributed by atoms with Crippen molar-refractivity contribution in [3.05, 3.63) is 95.6 Å². The lowest BCUT2D eigenvalue weighted by Gasteiger charge is -2.32. The highest BCUT2D eigenvalue weighted by atomic mass is 32.2. The summed E-state index contributed by atoms with van der Waals surface area (Å²) in [5, 5.41) is 27.0. The first-order chi connectivity index (χ1) is 19.1. The summed E-state index contributed by atoms with van der Waals surface area (Å²) >= 11 is 0. The Morgan fingerprint density at radius 1 is 1.02 bits per heavy atom. The van der Waals surface area contributed by atoms with Crippen molar-refractivity contribution in [2.75, 3.05) is 19.8 Å². The molecular formula is C29H29FN2O7S. The molecule has 1 aliphatic heterocycles. The van der Waals surface area contributed by atoms with Crippen molar-refractivity contribution >= 4 is 10.0 Å². The molecule has 1 fully saturated rings. The van der Waals surface area contributed by atoms with Gasteiger partial charge in [-0.2, -0.15) is 0 Å². The summed E-state index contributed by atoms with van der Waals surface area (Å²) in [4.78, 5) is 4.46. The van der Waals surface area contributed by atoms with E-state index in [2.05, 4.69) is 4.98 Å². The molecule has 1 unspecified atom stereocenters. The number of aromatic nitrogens is 1. The minimum atomic E-state index is -3.87. The highest BCUT2D eigenvalue weighted by Crippen LogP contribution is 2.35. The van der Waals surface area contributed by atoms with Crippen LogP contribution in [0.3, 0.4) is 0 Å². The van der Waals surface area contributed by atoms with Crippen LogP contribution >= 0.6 is 0 Å². The highest BCUT2D eigenvalue weighted by Gasteiger charge is 2.32. The van der Waals surface area contributed by atoms with Gasteiger partial charge in [0, 0.05) is 37.2 Å². The summed E-state index contributed by atoms with van der Waals surface area (Å²) in [6.07, 6.45) is -0.500. The summed E-state index contributed by atoms with van der Waals surface area (Å²) in [6.45, 7) is 0.583. The van der Waals surface area contributed by atoms with E-state index in [0.717, 1.165) is 5.56 Å². The summed E-state index contributed by atoms with van der Waals surface area (Å²) in [5.74, 6) is -0.156. The molecule has 4 aromatic rings. The Hall–Kier alpha value is -3.45. The number of oxazole rings is 1. The third-order valence-corrected chi connectivity index (χ3v) is 7.71. The van der Waals surface area contributed by atoms with Crippen LogP contribution < -0.4 is 5.14 Å². The van der Waals surface area contributed by atoms with Crippen LogP contribution in [0.4, 0.5) is 4.39 Å². The molecule has 1 atom stereocenters. The van der Waals surface area contributed by atoms with E-state index in [-0.39, 0.29) is 24.0 Å². The predicted molar refractivity (Wildman–Crippen MR) is 144 cm³/mol. The van der Waals surface area contributed by atoms with Gasteiger partial charge in [-0.25, -0.2) is 22.9 Å². The van der Waals surface area contributed by atoms with Crippen molar-refractivity contribution in [2.45, 2.75) is 36.0 Å². The van der Waals surface area contributed by atoms with Crippen LogP contribution in [-0.4, -0.2) is 43.4 Å². The number of hydrogen-bond acceptors (Lipinski definition) is 8. The second-order valence-corrected chi connectivity index (χ2v) is 11.2. The fourth-order valence-corrected chi connectivity index (χ4v) is 5.14. The molecule has 9 nitrogen and oxygen atoms in total. The van der Waals surface area contributed by atoms with Crippen molar-refractivity contribution in [1.82, 2.24) is 4.98 Å². The van der Waals surface area contributed by atoms with E-state index >= 15 is 0 Å². The lowest BCUT2D eigenvalue weighted by Crippen LogP contribution is -2.33. The van der Waals surface area contributed by atoms with E-state index in [1.807, 2.05) is 30.3 Å². The molecule has 4 N–H and O–H groups in total. The first-order valence-corrected chi connectivity index (χ1v) is 14.2. The Morgan fingerprint density at radius 3 is 2.40 bits per heavy atom. The number of benzene rings is 3. The van der Waals surface area contributed by atoms with E-state index in [0.29, 0.717) is 54.2 Å². The lowest BCUT2D eigenvalue weighted by molar-refractivity contribution is -0.0682. The summed E-state index contributed by atoms with van der Waals surface area (Å²) in [5.41, 5.74) is 1.54. The van der Waals surface area contributed by atoms with E-state index < -0.39 is 27.5 Å². The highest BCUT2D eigenvalue weighted by molar-refractivity contribution is 7.89. The molecule has 1 aliphatic rings. The molecule has 11 heteroatoms. The number of nitrogens with zero attached hydrogens (tertiary/aromatic N) is 1. The summed E-state index contributed by atoms with van der Waals surface area (Å²) in [7, 11) is -3.87. The van der Waals surface area contributed by atoms with Crippen LogP contribution in [0.1, 0.15) is 36.0 Å². The number of primary sulfonamides is 1. The number of sulfonamides is 1. The lowest BCUT2D eigenvalue weighted by atomic mass is 9.85. The molecule has 5 rings (SSSR count). The average Bonchev–Trinajstić information content (AvgIpc) is 3.39. The van der Waals surface area contributed by atoms with Crippen molar-refractivity contribution in [3.63, 3.8) is 0 Å². The molecule has 0 amide bonds. The summed E-state index contributed by atoms with van der Waals surface area (Å²) < 4.78 is 54.6. The van der Waals surface area contributed by atoms with Gasteiger partial charge >= 0.3 is 0 Å². The van der Waals surface area contributed by atoms with Gasteiger partial charge in [0.1, 0.15) is 11.5 Å². The molecule has 0 spiro atoms.